The second-order valence-electron chi connectivity index (χ2n) is 3.73. The number of nitriles is 1. The van der Waals surface area contributed by atoms with E-state index in [1.54, 1.807) is 12.1 Å². The molecule has 0 saturated carbocycles. The van der Waals surface area contributed by atoms with Crippen LogP contribution in [0.2, 0.25) is 0 Å². The molecular formula is C12H15FN2. The van der Waals surface area contributed by atoms with Gasteiger partial charge in [0.15, 0.2) is 0 Å². The molecule has 0 heterocycles. The Kier molecular flexibility index (Phi) is 4.26. The molecule has 0 spiro atoms. The summed E-state index contributed by atoms with van der Waals surface area (Å²) in [5.74, 6) is -0.225. The quantitative estimate of drug-likeness (QED) is 0.757. The Labute approximate surface area is 89.9 Å². The van der Waals surface area contributed by atoms with Gasteiger partial charge in [0.05, 0.1) is 6.07 Å². The van der Waals surface area contributed by atoms with Gasteiger partial charge >= 0.3 is 0 Å². The highest BCUT2D eigenvalue weighted by molar-refractivity contribution is 5.20. The lowest BCUT2D eigenvalue weighted by Gasteiger charge is -2.23. The van der Waals surface area contributed by atoms with E-state index in [0.717, 1.165) is 12.0 Å². The zero-order valence-electron chi connectivity index (χ0n) is 9.07. The summed E-state index contributed by atoms with van der Waals surface area (Å²) in [6, 6.07) is 8.78. The van der Waals surface area contributed by atoms with E-state index in [0.29, 0.717) is 6.42 Å². The van der Waals surface area contributed by atoms with Crippen LogP contribution in [0, 0.1) is 17.1 Å². The molecule has 0 aliphatic rings. The summed E-state index contributed by atoms with van der Waals surface area (Å²) in [6.07, 6.45) is 1.29. The molecule has 0 saturated heterocycles. The predicted molar refractivity (Wildman–Crippen MR) is 57.7 cm³/mol. The fraction of sp³-hybridized carbons (Fsp3) is 0.417. The molecule has 15 heavy (non-hydrogen) atoms. The molecule has 1 unspecified atom stereocenters. The van der Waals surface area contributed by atoms with Crippen molar-refractivity contribution in [3.63, 3.8) is 0 Å². The van der Waals surface area contributed by atoms with Crippen molar-refractivity contribution >= 4 is 0 Å². The molecule has 3 heteroatoms. The summed E-state index contributed by atoms with van der Waals surface area (Å²) in [5.41, 5.74) is 1.05. The van der Waals surface area contributed by atoms with Crippen LogP contribution in [0.4, 0.5) is 4.39 Å². The van der Waals surface area contributed by atoms with Gasteiger partial charge in [0.1, 0.15) is 5.82 Å². The van der Waals surface area contributed by atoms with Crippen LogP contribution >= 0.6 is 0 Å². The highest BCUT2D eigenvalue weighted by Gasteiger charge is 2.13. The third kappa shape index (κ3) is 3.34. The summed E-state index contributed by atoms with van der Waals surface area (Å²) < 4.78 is 12.7. The number of halogens is 1. The standard InChI is InChI=1S/C12H15FN2/c1-15(2)12(4-3-9-14)10-5-7-11(13)8-6-10/h5-8,12H,3-4H2,1-2H3. The minimum absolute atomic E-state index is 0.185. The average molecular weight is 206 g/mol. The lowest BCUT2D eigenvalue weighted by molar-refractivity contribution is 0.286. The maximum absolute atomic E-state index is 12.7. The topological polar surface area (TPSA) is 27.0 Å². The molecule has 2 nitrogen and oxygen atoms in total. The summed E-state index contributed by atoms with van der Waals surface area (Å²) in [4.78, 5) is 2.05. The summed E-state index contributed by atoms with van der Waals surface area (Å²) in [6.45, 7) is 0. The van der Waals surface area contributed by atoms with Crippen LogP contribution in [0.15, 0.2) is 24.3 Å². The molecule has 0 fully saturated rings. The van der Waals surface area contributed by atoms with Crippen LogP contribution in [0.25, 0.3) is 0 Å². The number of rotatable bonds is 4. The van der Waals surface area contributed by atoms with Crippen LogP contribution in [-0.4, -0.2) is 19.0 Å². The van der Waals surface area contributed by atoms with Crippen LogP contribution in [0.1, 0.15) is 24.4 Å². The van der Waals surface area contributed by atoms with E-state index < -0.39 is 0 Å². The molecule has 0 aromatic heterocycles. The van der Waals surface area contributed by atoms with Gasteiger partial charge in [0.2, 0.25) is 0 Å². The van der Waals surface area contributed by atoms with Crippen LogP contribution in [0.3, 0.4) is 0 Å². The summed E-state index contributed by atoms with van der Waals surface area (Å²) in [7, 11) is 3.93. The Morgan fingerprint density at radius 1 is 1.33 bits per heavy atom. The lowest BCUT2D eigenvalue weighted by Crippen LogP contribution is -2.19. The van der Waals surface area contributed by atoms with Crippen molar-refractivity contribution in [3.05, 3.63) is 35.6 Å². The minimum Gasteiger partial charge on any atom is -0.302 e. The maximum atomic E-state index is 12.7. The Hall–Kier alpha value is -1.40. The number of hydrogen-bond acceptors (Lipinski definition) is 2. The van der Waals surface area contributed by atoms with Gasteiger partial charge in [-0.25, -0.2) is 4.39 Å². The Morgan fingerprint density at radius 2 is 1.93 bits per heavy atom. The van der Waals surface area contributed by atoms with E-state index in [1.165, 1.54) is 12.1 Å². The summed E-state index contributed by atoms with van der Waals surface area (Å²) >= 11 is 0. The lowest BCUT2D eigenvalue weighted by atomic mass is 10.0. The van der Waals surface area contributed by atoms with E-state index in [9.17, 15) is 4.39 Å². The highest BCUT2D eigenvalue weighted by atomic mass is 19.1. The largest absolute Gasteiger partial charge is 0.302 e. The molecule has 0 aliphatic heterocycles. The van der Waals surface area contributed by atoms with Crippen LogP contribution in [0.5, 0.6) is 0 Å². The van der Waals surface area contributed by atoms with Gasteiger partial charge in [0, 0.05) is 12.5 Å². The molecular weight excluding hydrogens is 191 g/mol. The minimum atomic E-state index is -0.225. The first-order valence-electron chi connectivity index (χ1n) is 4.94. The van der Waals surface area contributed by atoms with Gasteiger partial charge in [-0.3, -0.25) is 0 Å². The normalized spacial score (nSPS) is 12.5. The van der Waals surface area contributed by atoms with Gasteiger partial charge in [-0.2, -0.15) is 5.26 Å². The summed E-state index contributed by atoms with van der Waals surface area (Å²) in [5, 5.41) is 8.56. The number of nitrogens with zero attached hydrogens (tertiary/aromatic N) is 2. The van der Waals surface area contributed by atoms with E-state index in [1.807, 2.05) is 19.0 Å². The molecule has 1 aromatic carbocycles. The zero-order valence-corrected chi connectivity index (χ0v) is 9.07. The fourth-order valence-electron chi connectivity index (χ4n) is 1.61. The first-order chi connectivity index (χ1) is 7.15. The van der Waals surface area contributed by atoms with Crippen molar-refractivity contribution in [2.24, 2.45) is 0 Å². The highest BCUT2D eigenvalue weighted by Crippen LogP contribution is 2.23. The van der Waals surface area contributed by atoms with Gasteiger partial charge in [-0.1, -0.05) is 12.1 Å². The Bertz CT molecular complexity index is 338. The molecule has 0 radical (unpaired) electrons. The van der Waals surface area contributed by atoms with Crippen molar-refractivity contribution in [1.29, 1.82) is 5.26 Å². The predicted octanol–water partition coefficient (Wildman–Crippen LogP) is 2.73. The zero-order chi connectivity index (χ0) is 11.3. The van der Waals surface area contributed by atoms with Gasteiger partial charge in [0.25, 0.3) is 0 Å². The fourth-order valence-corrected chi connectivity index (χ4v) is 1.61. The van der Waals surface area contributed by atoms with Gasteiger partial charge in [-0.05, 0) is 38.2 Å². The first kappa shape index (κ1) is 11.7. The van der Waals surface area contributed by atoms with E-state index >= 15 is 0 Å². The number of benzene rings is 1. The Morgan fingerprint density at radius 3 is 2.40 bits per heavy atom. The average Bonchev–Trinajstić information content (AvgIpc) is 2.21. The van der Waals surface area contributed by atoms with Crippen molar-refractivity contribution in [2.45, 2.75) is 18.9 Å². The van der Waals surface area contributed by atoms with E-state index in [4.69, 9.17) is 5.26 Å². The van der Waals surface area contributed by atoms with E-state index in [2.05, 4.69) is 6.07 Å². The number of hydrogen-bond donors (Lipinski definition) is 0. The molecule has 1 aromatic rings. The monoisotopic (exact) mass is 206 g/mol. The molecule has 0 bridgehead atoms. The van der Waals surface area contributed by atoms with E-state index in [-0.39, 0.29) is 11.9 Å². The molecule has 1 rings (SSSR count). The van der Waals surface area contributed by atoms with Gasteiger partial charge in [-0.15, -0.1) is 0 Å². The molecule has 0 aliphatic carbocycles. The molecule has 1 atom stereocenters. The maximum Gasteiger partial charge on any atom is 0.123 e. The molecule has 0 N–H and O–H groups in total. The van der Waals surface area contributed by atoms with Crippen molar-refractivity contribution < 1.29 is 4.39 Å². The van der Waals surface area contributed by atoms with Crippen molar-refractivity contribution in [1.82, 2.24) is 4.90 Å². The molecule has 0 amide bonds. The Balaban J connectivity index is 2.80. The second kappa shape index (κ2) is 5.47. The smallest absolute Gasteiger partial charge is 0.123 e. The van der Waals surface area contributed by atoms with Gasteiger partial charge < -0.3 is 4.90 Å². The first-order valence-corrected chi connectivity index (χ1v) is 4.94. The third-order valence-electron chi connectivity index (χ3n) is 2.41. The van der Waals surface area contributed by atoms with Crippen molar-refractivity contribution in [2.75, 3.05) is 14.1 Å². The second-order valence-corrected chi connectivity index (χ2v) is 3.73. The third-order valence-corrected chi connectivity index (χ3v) is 2.41. The van der Waals surface area contributed by atoms with Crippen molar-refractivity contribution in [3.8, 4) is 6.07 Å². The SMILES string of the molecule is CN(C)C(CCC#N)c1ccc(F)cc1. The van der Waals surface area contributed by atoms with Crippen LogP contribution in [-0.2, 0) is 0 Å². The molecule has 80 valence electrons. The van der Waals surface area contributed by atoms with Crippen LogP contribution < -0.4 is 0 Å².